The maximum absolute atomic E-state index is 13.3. The van der Waals surface area contributed by atoms with Gasteiger partial charge in [0.2, 0.25) is 0 Å². The van der Waals surface area contributed by atoms with E-state index in [-0.39, 0.29) is 0 Å². The third-order valence-electron chi connectivity index (χ3n) is 1.92. The molecular weight excluding hydrogens is 209 g/mol. The molecule has 0 spiro atoms. The van der Waals surface area contributed by atoms with Crippen molar-refractivity contribution in [1.82, 2.24) is 0 Å². The SMILES string of the molecule is [N-]=[N+]=NCCC=Cc1ccc(C=O)cc1F. The van der Waals surface area contributed by atoms with Crippen LogP contribution in [0.5, 0.6) is 0 Å². The van der Waals surface area contributed by atoms with Crippen LogP contribution in [-0.2, 0) is 0 Å². The molecule has 0 atom stereocenters. The summed E-state index contributed by atoms with van der Waals surface area (Å²) < 4.78 is 13.3. The Morgan fingerprint density at radius 3 is 2.94 bits per heavy atom. The summed E-state index contributed by atoms with van der Waals surface area (Å²) in [7, 11) is 0. The summed E-state index contributed by atoms with van der Waals surface area (Å²) in [5.41, 5.74) is 8.74. The summed E-state index contributed by atoms with van der Waals surface area (Å²) in [4.78, 5) is 13.0. The van der Waals surface area contributed by atoms with Crippen molar-refractivity contribution >= 4 is 12.4 Å². The largest absolute Gasteiger partial charge is 0.298 e. The molecule has 0 fully saturated rings. The molecule has 1 aromatic rings. The van der Waals surface area contributed by atoms with Gasteiger partial charge in [-0.3, -0.25) is 4.79 Å². The van der Waals surface area contributed by atoms with Crippen LogP contribution in [0.15, 0.2) is 29.4 Å². The lowest BCUT2D eigenvalue weighted by Crippen LogP contribution is -1.86. The van der Waals surface area contributed by atoms with Gasteiger partial charge in [-0.25, -0.2) is 4.39 Å². The Kier molecular flexibility index (Phi) is 4.76. The van der Waals surface area contributed by atoms with Crippen LogP contribution in [-0.4, -0.2) is 12.8 Å². The highest BCUT2D eigenvalue weighted by Crippen LogP contribution is 2.11. The number of azide groups is 1. The van der Waals surface area contributed by atoms with Crippen molar-refractivity contribution in [2.24, 2.45) is 5.11 Å². The zero-order chi connectivity index (χ0) is 11.8. The number of carbonyl (C=O) groups excluding carboxylic acids is 1. The molecule has 16 heavy (non-hydrogen) atoms. The van der Waals surface area contributed by atoms with Crippen LogP contribution in [0.4, 0.5) is 4.39 Å². The lowest BCUT2D eigenvalue weighted by atomic mass is 10.1. The van der Waals surface area contributed by atoms with Crippen LogP contribution < -0.4 is 0 Å². The van der Waals surface area contributed by atoms with Crippen molar-refractivity contribution in [2.45, 2.75) is 6.42 Å². The highest BCUT2D eigenvalue weighted by atomic mass is 19.1. The van der Waals surface area contributed by atoms with Crippen LogP contribution in [0.25, 0.3) is 16.5 Å². The summed E-state index contributed by atoms with van der Waals surface area (Å²) in [5.74, 6) is -0.440. The smallest absolute Gasteiger partial charge is 0.150 e. The fraction of sp³-hybridized carbons (Fsp3) is 0.182. The van der Waals surface area contributed by atoms with Gasteiger partial charge in [0, 0.05) is 22.6 Å². The molecule has 0 saturated carbocycles. The first kappa shape index (κ1) is 11.9. The fourth-order valence-electron chi connectivity index (χ4n) is 1.14. The van der Waals surface area contributed by atoms with Crippen LogP contribution in [0.2, 0.25) is 0 Å². The lowest BCUT2D eigenvalue weighted by Gasteiger charge is -1.97. The molecule has 1 rings (SSSR count). The molecule has 0 aliphatic heterocycles. The van der Waals surface area contributed by atoms with E-state index in [1.807, 2.05) is 0 Å². The fourth-order valence-corrected chi connectivity index (χ4v) is 1.14. The van der Waals surface area contributed by atoms with Gasteiger partial charge >= 0.3 is 0 Å². The Balaban J connectivity index is 2.66. The second kappa shape index (κ2) is 6.37. The molecular formula is C11H10FN3O. The van der Waals surface area contributed by atoms with E-state index < -0.39 is 5.82 Å². The Hall–Kier alpha value is -2.13. The van der Waals surface area contributed by atoms with Gasteiger partial charge in [-0.15, -0.1) is 0 Å². The molecule has 0 saturated heterocycles. The van der Waals surface area contributed by atoms with Crippen LogP contribution in [0, 0.1) is 5.82 Å². The first-order chi connectivity index (χ1) is 7.77. The van der Waals surface area contributed by atoms with E-state index >= 15 is 0 Å². The molecule has 0 aromatic heterocycles. The molecule has 5 heteroatoms. The minimum atomic E-state index is -0.440. The lowest BCUT2D eigenvalue weighted by molar-refractivity contribution is 0.112. The highest BCUT2D eigenvalue weighted by Gasteiger charge is 1.99. The molecule has 82 valence electrons. The van der Waals surface area contributed by atoms with Crippen molar-refractivity contribution in [1.29, 1.82) is 0 Å². The third kappa shape index (κ3) is 3.55. The summed E-state index contributed by atoms with van der Waals surface area (Å²) in [5, 5.41) is 3.34. The number of halogens is 1. The van der Waals surface area contributed by atoms with Gasteiger partial charge in [-0.1, -0.05) is 29.4 Å². The summed E-state index contributed by atoms with van der Waals surface area (Å²) in [6.07, 6.45) is 4.46. The minimum absolute atomic E-state index is 0.309. The normalized spacial score (nSPS) is 10.1. The number of hydrogen-bond donors (Lipinski definition) is 0. The van der Waals surface area contributed by atoms with Crippen molar-refractivity contribution in [3.05, 3.63) is 51.7 Å². The molecule has 0 aliphatic carbocycles. The maximum Gasteiger partial charge on any atom is 0.150 e. The van der Waals surface area contributed by atoms with Gasteiger partial charge < -0.3 is 0 Å². The van der Waals surface area contributed by atoms with E-state index in [4.69, 9.17) is 5.53 Å². The summed E-state index contributed by atoms with van der Waals surface area (Å²) >= 11 is 0. The van der Waals surface area contributed by atoms with E-state index in [1.165, 1.54) is 12.1 Å². The standard InChI is InChI=1S/C11H10FN3O/c12-11-7-9(8-16)4-5-10(11)3-1-2-6-14-15-13/h1,3-5,7-8H,2,6H2. The number of rotatable bonds is 5. The number of hydrogen-bond acceptors (Lipinski definition) is 2. The van der Waals surface area contributed by atoms with Crippen LogP contribution in [0.3, 0.4) is 0 Å². The van der Waals surface area contributed by atoms with Gasteiger partial charge in [0.15, 0.2) is 0 Å². The minimum Gasteiger partial charge on any atom is -0.298 e. The molecule has 0 heterocycles. The van der Waals surface area contributed by atoms with E-state index in [1.54, 1.807) is 18.2 Å². The van der Waals surface area contributed by atoms with Crippen molar-refractivity contribution in [3.8, 4) is 0 Å². The third-order valence-corrected chi connectivity index (χ3v) is 1.92. The van der Waals surface area contributed by atoms with Gasteiger partial charge in [-0.2, -0.15) is 0 Å². The second-order valence-corrected chi connectivity index (χ2v) is 3.04. The summed E-state index contributed by atoms with van der Waals surface area (Å²) in [6, 6.07) is 4.26. The van der Waals surface area contributed by atoms with Crippen LogP contribution >= 0.6 is 0 Å². The Morgan fingerprint density at radius 2 is 2.31 bits per heavy atom. The zero-order valence-corrected chi connectivity index (χ0v) is 8.51. The molecule has 0 bridgehead atoms. The van der Waals surface area contributed by atoms with E-state index in [2.05, 4.69) is 10.0 Å². The predicted molar refractivity (Wildman–Crippen MR) is 59.5 cm³/mol. The predicted octanol–water partition coefficient (Wildman–Crippen LogP) is 3.35. The summed E-state index contributed by atoms with van der Waals surface area (Å²) in [6.45, 7) is 0.348. The monoisotopic (exact) mass is 219 g/mol. The van der Waals surface area contributed by atoms with Gasteiger partial charge in [0.1, 0.15) is 12.1 Å². The highest BCUT2D eigenvalue weighted by molar-refractivity contribution is 5.75. The Bertz CT molecular complexity index is 451. The Labute approximate surface area is 92.0 Å². The van der Waals surface area contributed by atoms with E-state index in [0.29, 0.717) is 30.4 Å². The average Bonchev–Trinajstić information content (AvgIpc) is 2.30. The number of nitrogens with zero attached hydrogens (tertiary/aromatic N) is 3. The Morgan fingerprint density at radius 1 is 1.50 bits per heavy atom. The maximum atomic E-state index is 13.3. The molecule has 4 nitrogen and oxygen atoms in total. The molecule has 0 radical (unpaired) electrons. The molecule has 0 unspecified atom stereocenters. The first-order valence-electron chi connectivity index (χ1n) is 4.70. The van der Waals surface area contributed by atoms with Gasteiger partial charge in [-0.05, 0) is 18.0 Å². The van der Waals surface area contributed by atoms with Crippen molar-refractivity contribution in [2.75, 3.05) is 6.54 Å². The number of aldehydes is 1. The van der Waals surface area contributed by atoms with E-state index in [0.717, 1.165) is 0 Å². The van der Waals surface area contributed by atoms with E-state index in [9.17, 15) is 9.18 Å². The zero-order valence-electron chi connectivity index (χ0n) is 8.51. The molecule has 0 amide bonds. The van der Waals surface area contributed by atoms with Crippen LogP contribution in [0.1, 0.15) is 22.3 Å². The second-order valence-electron chi connectivity index (χ2n) is 3.04. The van der Waals surface area contributed by atoms with Gasteiger partial charge in [0.25, 0.3) is 0 Å². The number of benzene rings is 1. The first-order valence-corrected chi connectivity index (χ1v) is 4.70. The topological polar surface area (TPSA) is 65.8 Å². The quantitative estimate of drug-likeness (QED) is 0.246. The van der Waals surface area contributed by atoms with Crippen molar-refractivity contribution in [3.63, 3.8) is 0 Å². The average molecular weight is 219 g/mol. The number of carbonyl (C=O) groups is 1. The molecule has 0 N–H and O–H groups in total. The van der Waals surface area contributed by atoms with Gasteiger partial charge in [0.05, 0.1) is 0 Å². The molecule has 0 aliphatic rings. The molecule has 1 aromatic carbocycles. The van der Waals surface area contributed by atoms with Crippen molar-refractivity contribution < 1.29 is 9.18 Å².